The number of aryl methyl sites for hydroxylation is 1. The number of carbonyl (C=O) groups excluding carboxylic acids is 1. The summed E-state index contributed by atoms with van der Waals surface area (Å²) in [6, 6.07) is 7.68. The number of H-pyrrole nitrogens is 1. The van der Waals surface area contributed by atoms with E-state index in [4.69, 9.17) is 4.98 Å². The lowest BCUT2D eigenvalue weighted by Gasteiger charge is -2.10. The Morgan fingerprint density at radius 2 is 1.94 bits per heavy atom. The van der Waals surface area contributed by atoms with E-state index in [-0.39, 0.29) is 5.91 Å². The highest BCUT2D eigenvalue weighted by atomic mass is 16.2. The van der Waals surface area contributed by atoms with E-state index in [2.05, 4.69) is 20.0 Å². The Kier molecular flexibility index (Phi) is 4.98. The number of imidazole rings is 1. The summed E-state index contributed by atoms with van der Waals surface area (Å²) in [4.78, 5) is 28.9. The molecule has 0 spiro atoms. The third kappa shape index (κ3) is 3.66. The smallest absolute Gasteiger partial charge is 0.253 e. The number of aromatic amines is 1. The summed E-state index contributed by atoms with van der Waals surface area (Å²) in [5, 5.41) is 5.50. The molecule has 0 unspecified atom stereocenters. The van der Waals surface area contributed by atoms with Crippen molar-refractivity contribution in [2.45, 2.75) is 6.54 Å². The van der Waals surface area contributed by atoms with E-state index in [0.29, 0.717) is 17.0 Å². The summed E-state index contributed by atoms with van der Waals surface area (Å²) in [7, 11) is 9.56. The van der Waals surface area contributed by atoms with Crippen molar-refractivity contribution in [2.75, 3.05) is 28.2 Å². The van der Waals surface area contributed by atoms with Crippen LogP contribution in [-0.2, 0) is 13.6 Å². The highest BCUT2D eigenvalue weighted by Crippen LogP contribution is 2.31. The Morgan fingerprint density at radius 1 is 1.12 bits per heavy atom. The molecule has 0 atom stereocenters. The summed E-state index contributed by atoms with van der Waals surface area (Å²) in [6.45, 7) is 0.812. The van der Waals surface area contributed by atoms with Gasteiger partial charge in [-0.3, -0.25) is 4.79 Å². The van der Waals surface area contributed by atoms with Crippen molar-refractivity contribution >= 4 is 28.0 Å². The first-order chi connectivity index (χ1) is 15.8. The Hall–Kier alpha value is -3.98. The molecule has 0 saturated heterocycles. The standard InChI is InChI=1S/C24H26N8O/c1-29(2)12-15-11-26-32(13-15)20-8-9-25-23-21(20)27-22(28-23)18-14-31(5)19-7-6-16(10-17(18)19)24(33)30(3)4/h6-11,13-14H,12H2,1-5H3,(H,25,27,28). The van der Waals surface area contributed by atoms with Gasteiger partial charge < -0.3 is 19.4 Å². The molecule has 0 radical (unpaired) electrons. The second kappa shape index (κ2) is 7.86. The summed E-state index contributed by atoms with van der Waals surface area (Å²) in [6.07, 6.45) is 7.66. The predicted molar refractivity (Wildman–Crippen MR) is 128 cm³/mol. The molecule has 0 aliphatic heterocycles. The number of amides is 1. The lowest BCUT2D eigenvalue weighted by Crippen LogP contribution is -2.21. The maximum atomic E-state index is 12.5. The Balaban J connectivity index is 1.63. The van der Waals surface area contributed by atoms with Gasteiger partial charge in [-0.2, -0.15) is 5.10 Å². The quantitative estimate of drug-likeness (QED) is 0.452. The number of nitrogens with zero attached hydrogens (tertiary/aromatic N) is 7. The molecule has 1 aromatic carbocycles. The van der Waals surface area contributed by atoms with E-state index < -0.39 is 0 Å². The number of hydrogen-bond donors (Lipinski definition) is 1. The van der Waals surface area contributed by atoms with E-state index in [1.807, 2.05) is 73.2 Å². The van der Waals surface area contributed by atoms with Crippen LogP contribution in [0.25, 0.3) is 39.1 Å². The zero-order chi connectivity index (χ0) is 23.3. The van der Waals surface area contributed by atoms with Crippen molar-refractivity contribution in [3.05, 3.63) is 60.2 Å². The second-order valence-corrected chi connectivity index (χ2v) is 8.73. The first-order valence-electron chi connectivity index (χ1n) is 10.7. The molecule has 168 valence electrons. The number of nitrogens with one attached hydrogen (secondary N) is 1. The first-order valence-corrected chi connectivity index (χ1v) is 10.7. The van der Waals surface area contributed by atoms with Crippen LogP contribution in [-0.4, -0.2) is 73.2 Å². The molecule has 5 aromatic rings. The third-order valence-electron chi connectivity index (χ3n) is 5.65. The van der Waals surface area contributed by atoms with E-state index in [1.165, 1.54) is 0 Å². The fourth-order valence-corrected chi connectivity index (χ4v) is 4.13. The lowest BCUT2D eigenvalue weighted by molar-refractivity contribution is 0.0828. The van der Waals surface area contributed by atoms with Crippen molar-refractivity contribution in [2.24, 2.45) is 7.05 Å². The Bertz CT molecular complexity index is 1490. The molecule has 9 nitrogen and oxygen atoms in total. The highest BCUT2D eigenvalue weighted by molar-refractivity contribution is 6.02. The number of carbonyl (C=O) groups is 1. The van der Waals surface area contributed by atoms with Crippen LogP contribution in [0.5, 0.6) is 0 Å². The molecular weight excluding hydrogens is 416 g/mol. The van der Waals surface area contributed by atoms with Gasteiger partial charge in [0, 0.05) is 73.9 Å². The summed E-state index contributed by atoms with van der Waals surface area (Å²) in [5.41, 5.74) is 6.01. The molecule has 0 bridgehead atoms. The fourth-order valence-electron chi connectivity index (χ4n) is 4.13. The van der Waals surface area contributed by atoms with E-state index in [1.54, 1.807) is 25.2 Å². The fraction of sp³-hybridized carbons (Fsp3) is 0.250. The van der Waals surface area contributed by atoms with Crippen LogP contribution in [0, 0.1) is 0 Å². The van der Waals surface area contributed by atoms with Gasteiger partial charge in [0.1, 0.15) is 11.3 Å². The van der Waals surface area contributed by atoms with E-state index in [0.717, 1.165) is 39.8 Å². The minimum Gasteiger partial charge on any atom is -0.350 e. The normalized spacial score (nSPS) is 11.7. The number of hydrogen-bond acceptors (Lipinski definition) is 5. The molecule has 5 rings (SSSR count). The summed E-state index contributed by atoms with van der Waals surface area (Å²) < 4.78 is 3.89. The minimum absolute atomic E-state index is 0.0347. The molecule has 0 saturated carbocycles. The molecule has 0 aliphatic rings. The maximum Gasteiger partial charge on any atom is 0.253 e. The van der Waals surface area contributed by atoms with Gasteiger partial charge in [-0.1, -0.05) is 0 Å². The van der Waals surface area contributed by atoms with Crippen LogP contribution in [0.2, 0.25) is 0 Å². The summed E-state index contributed by atoms with van der Waals surface area (Å²) >= 11 is 0. The van der Waals surface area contributed by atoms with Gasteiger partial charge in [-0.25, -0.2) is 14.6 Å². The molecule has 1 N–H and O–H groups in total. The molecule has 4 aromatic heterocycles. The zero-order valence-electron chi connectivity index (χ0n) is 19.4. The molecule has 4 heterocycles. The molecule has 9 heteroatoms. The average Bonchev–Trinajstić information content (AvgIpc) is 3.49. The topological polar surface area (TPSA) is 87.9 Å². The van der Waals surface area contributed by atoms with Crippen molar-refractivity contribution in [1.29, 1.82) is 0 Å². The third-order valence-corrected chi connectivity index (χ3v) is 5.65. The second-order valence-electron chi connectivity index (χ2n) is 8.73. The van der Waals surface area contributed by atoms with Crippen LogP contribution in [0.4, 0.5) is 0 Å². The predicted octanol–water partition coefficient (Wildman–Crippen LogP) is 3.07. The molecular formula is C24H26N8O. The minimum atomic E-state index is -0.0347. The number of aromatic nitrogens is 6. The molecule has 0 aliphatic carbocycles. The van der Waals surface area contributed by atoms with Crippen LogP contribution in [0.15, 0.2) is 49.1 Å². The number of pyridine rings is 1. The lowest BCUT2D eigenvalue weighted by atomic mass is 10.1. The number of rotatable bonds is 5. The van der Waals surface area contributed by atoms with Crippen LogP contribution in [0.3, 0.4) is 0 Å². The SMILES string of the molecule is CN(C)Cc1cnn(-c2ccnc3nc(-c4cn(C)c5ccc(C(=O)N(C)C)cc45)[nH]c23)c1. The first kappa shape index (κ1) is 20.9. The van der Waals surface area contributed by atoms with Crippen LogP contribution < -0.4 is 0 Å². The Morgan fingerprint density at radius 3 is 2.70 bits per heavy atom. The zero-order valence-corrected chi connectivity index (χ0v) is 19.4. The van der Waals surface area contributed by atoms with E-state index in [9.17, 15) is 4.79 Å². The van der Waals surface area contributed by atoms with Gasteiger partial charge in [0.15, 0.2) is 5.65 Å². The largest absolute Gasteiger partial charge is 0.350 e. The number of benzene rings is 1. The van der Waals surface area contributed by atoms with Crippen molar-refractivity contribution in [3.63, 3.8) is 0 Å². The van der Waals surface area contributed by atoms with Crippen molar-refractivity contribution in [1.82, 2.24) is 39.1 Å². The Labute approximate surface area is 191 Å². The molecule has 1 amide bonds. The monoisotopic (exact) mass is 442 g/mol. The van der Waals surface area contributed by atoms with Gasteiger partial charge in [-0.15, -0.1) is 0 Å². The average molecular weight is 443 g/mol. The van der Waals surface area contributed by atoms with Crippen molar-refractivity contribution in [3.8, 4) is 17.1 Å². The van der Waals surface area contributed by atoms with Gasteiger partial charge in [0.25, 0.3) is 5.91 Å². The van der Waals surface area contributed by atoms with Crippen LogP contribution in [0.1, 0.15) is 15.9 Å². The van der Waals surface area contributed by atoms with Gasteiger partial charge in [0.2, 0.25) is 0 Å². The van der Waals surface area contributed by atoms with Crippen molar-refractivity contribution < 1.29 is 4.79 Å². The van der Waals surface area contributed by atoms with Gasteiger partial charge in [0.05, 0.1) is 11.9 Å². The molecule has 33 heavy (non-hydrogen) atoms. The highest BCUT2D eigenvalue weighted by Gasteiger charge is 2.18. The van der Waals surface area contributed by atoms with Crippen LogP contribution >= 0.6 is 0 Å². The van der Waals surface area contributed by atoms with Gasteiger partial charge in [-0.05, 0) is 38.4 Å². The van der Waals surface area contributed by atoms with E-state index >= 15 is 0 Å². The van der Waals surface area contributed by atoms with Gasteiger partial charge >= 0.3 is 0 Å². The number of fused-ring (bicyclic) bond motifs is 2. The maximum absolute atomic E-state index is 12.5. The summed E-state index contributed by atoms with van der Waals surface area (Å²) in [5.74, 6) is 0.665. The molecule has 0 fully saturated rings.